The van der Waals surface area contributed by atoms with Crippen LogP contribution >= 0.6 is 0 Å². The summed E-state index contributed by atoms with van der Waals surface area (Å²) < 4.78 is 17.2. The summed E-state index contributed by atoms with van der Waals surface area (Å²) in [5.74, 6) is -3.20. The van der Waals surface area contributed by atoms with E-state index in [0.717, 1.165) is 5.57 Å². The summed E-state index contributed by atoms with van der Waals surface area (Å²) in [6.07, 6.45) is 1.49. The molecule has 0 aromatic carbocycles. The highest BCUT2D eigenvalue weighted by molar-refractivity contribution is 5.75. The molecule has 0 aliphatic carbocycles. The summed E-state index contributed by atoms with van der Waals surface area (Å²) in [6, 6.07) is 0. The lowest BCUT2D eigenvalue weighted by Crippen LogP contribution is -2.45. The molecule has 26 heavy (non-hydrogen) atoms. The first-order valence-corrected chi connectivity index (χ1v) is 9.52. The Bertz CT molecular complexity index is 613. The number of carbonyl (C=O) groups excluding carboxylic acids is 2. The SMILES string of the molecule is C=C1COC(=O)[C@@H]2C[C@H](C)[C@@]3(O)CC[C@@](C)(C[C@@H](OC(=O)C(C)C)[C@H]12)O3. The van der Waals surface area contributed by atoms with E-state index in [1.165, 1.54) is 0 Å². The van der Waals surface area contributed by atoms with E-state index >= 15 is 0 Å². The van der Waals surface area contributed by atoms with Crippen molar-refractivity contribution in [1.29, 1.82) is 0 Å². The van der Waals surface area contributed by atoms with Crippen LogP contribution in [0.2, 0.25) is 0 Å². The summed E-state index contributed by atoms with van der Waals surface area (Å²) in [5, 5.41) is 11.0. The average Bonchev–Trinajstić information content (AvgIpc) is 2.87. The average molecular weight is 366 g/mol. The lowest BCUT2D eigenvalue weighted by Gasteiger charge is -2.39. The maximum Gasteiger partial charge on any atom is 0.310 e. The van der Waals surface area contributed by atoms with E-state index in [9.17, 15) is 14.7 Å². The fourth-order valence-electron chi connectivity index (χ4n) is 4.54. The molecule has 0 aromatic rings. The number of cyclic esters (lactones) is 1. The third kappa shape index (κ3) is 3.41. The number of fused-ring (bicyclic) bond motifs is 3. The summed E-state index contributed by atoms with van der Waals surface area (Å²) in [5.41, 5.74) is 0.151. The molecule has 6 nitrogen and oxygen atoms in total. The van der Waals surface area contributed by atoms with Gasteiger partial charge in [0.05, 0.1) is 17.4 Å². The van der Waals surface area contributed by atoms with E-state index in [2.05, 4.69) is 6.58 Å². The smallest absolute Gasteiger partial charge is 0.310 e. The lowest BCUT2D eigenvalue weighted by atomic mass is 9.72. The first-order valence-electron chi connectivity index (χ1n) is 9.52. The molecule has 6 heteroatoms. The lowest BCUT2D eigenvalue weighted by molar-refractivity contribution is -0.249. The van der Waals surface area contributed by atoms with Gasteiger partial charge in [-0.15, -0.1) is 0 Å². The molecule has 6 atom stereocenters. The number of aliphatic hydroxyl groups is 1. The van der Waals surface area contributed by atoms with Gasteiger partial charge in [-0.2, -0.15) is 0 Å². The van der Waals surface area contributed by atoms with Gasteiger partial charge in [-0.25, -0.2) is 0 Å². The Hall–Kier alpha value is -1.40. The molecular formula is C20H30O6. The Morgan fingerprint density at radius 1 is 1.38 bits per heavy atom. The number of carbonyl (C=O) groups is 2. The quantitative estimate of drug-likeness (QED) is 0.597. The number of hydrogen-bond donors (Lipinski definition) is 1. The fraction of sp³-hybridized carbons (Fsp3) is 0.800. The highest BCUT2D eigenvalue weighted by Gasteiger charge is 2.55. The standard InChI is InChI=1S/C20H30O6/c1-11(2)17(21)25-15-9-19(5)6-7-20(23,26-19)13(4)8-14-16(15)12(3)10-24-18(14)22/h11,13-16,23H,3,6-10H2,1-2,4-5H3/t13-,14+,15+,16+,19-,20+/m0/s1. The Morgan fingerprint density at radius 2 is 2.08 bits per heavy atom. The van der Waals surface area contributed by atoms with Crippen molar-refractivity contribution in [1.82, 2.24) is 0 Å². The van der Waals surface area contributed by atoms with E-state index in [1.54, 1.807) is 13.8 Å². The first-order chi connectivity index (χ1) is 12.0. The van der Waals surface area contributed by atoms with E-state index in [-0.39, 0.29) is 36.3 Å². The second kappa shape index (κ2) is 6.64. The van der Waals surface area contributed by atoms with Gasteiger partial charge >= 0.3 is 11.9 Å². The molecule has 0 unspecified atom stereocenters. The van der Waals surface area contributed by atoms with Gasteiger partial charge in [0, 0.05) is 24.7 Å². The molecule has 3 rings (SSSR count). The zero-order valence-corrected chi connectivity index (χ0v) is 16.1. The first kappa shape index (κ1) is 19.4. The molecule has 0 amide bonds. The largest absolute Gasteiger partial charge is 0.461 e. The van der Waals surface area contributed by atoms with Crippen LogP contribution in [0.4, 0.5) is 0 Å². The van der Waals surface area contributed by atoms with E-state index in [1.807, 2.05) is 13.8 Å². The Morgan fingerprint density at radius 3 is 2.73 bits per heavy atom. The van der Waals surface area contributed by atoms with Gasteiger partial charge < -0.3 is 19.3 Å². The second-order valence-corrected chi connectivity index (χ2v) is 8.77. The molecule has 3 saturated heterocycles. The topological polar surface area (TPSA) is 82.1 Å². The monoisotopic (exact) mass is 366 g/mol. The van der Waals surface area contributed by atoms with E-state index in [0.29, 0.717) is 25.7 Å². The van der Waals surface area contributed by atoms with Crippen LogP contribution in [0.15, 0.2) is 12.2 Å². The van der Waals surface area contributed by atoms with Crippen LogP contribution in [0.3, 0.4) is 0 Å². The number of esters is 2. The molecule has 2 bridgehead atoms. The van der Waals surface area contributed by atoms with Gasteiger partial charge in [0.1, 0.15) is 12.7 Å². The minimum atomic E-state index is -1.27. The summed E-state index contributed by atoms with van der Waals surface area (Å²) in [7, 11) is 0. The Kier molecular flexibility index (Phi) is 4.95. The van der Waals surface area contributed by atoms with E-state index < -0.39 is 23.4 Å². The third-order valence-electron chi connectivity index (χ3n) is 6.19. The second-order valence-electron chi connectivity index (χ2n) is 8.77. The molecule has 3 heterocycles. The molecule has 3 aliphatic heterocycles. The van der Waals surface area contributed by atoms with Gasteiger partial charge in [0.15, 0.2) is 5.79 Å². The zero-order chi connectivity index (χ0) is 19.3. The van der Waals surface area contributed by atoms with Crippen LogP contribution in [0.25, 0.3) is 0 Å². The molecule has 0 saturated carbocycles. The van der Waals surface area contributed by atoms with Crippen LogP contribution in [0.1, 0.15) is 53.4 Å². The third-order valence-corrected chi connectivity index (χ3v) is 6.19. The van der Waals surface area contributed by atoms with Crippen LogP contribution in [0.5, 0.6) is 0 Å². The number of hydrogen-bond acceptors (Lipinski definition) is 6. The summed E-state index contributed by atoms with van der Waals surface area (Å²) in [6.45, 7) is 11.6. The van der Waals surface area contributed by atoms with Gasteiger partial charge in [-0.05, 0) is 25.3 Å². The van der Waals surface area contributed by atoms with Crippen LogP contribution in [0, 0.1) is 23.7 Å². The molecular weight excluding hydrogens is 336 g/mol. The minimum absolute atomic E-state index is 0.145. The molecule has 146 valence electrons. The van der Waals surface area contributed by atoms with Crippen molar-refractivity contribution < 1.29 is 28.9 Å². The van der Waals surface area contributed by atoms with Crippen molar-refractivity contribution in [2.75, 3.05) is 6.61 Å². The molecule has 0 aromatic heterocycles. The summed E-state index contributed by atoms with van der Waals surface area (Å²) >= 11 is 0. The van der Waals surface area contributed by atoms with Gasteiger partial charge in [0.25, 0.3) is 0 Å². The van der Waals surface area contributed by atoms with Crippen molar-refractivity contribution in [3.8, 4) is 0 Å². The Labute approximate surface area is 154 Å². The molecule has 0 spiro atoms. The van der Waals surface area contributed by atoms with Crippen molar-refractivity contribution in [2.45, 2.75) is 70.9 Å². The van der Waals surface area contributed by atoms with Crippen molar-refractivity contribution in [2.24, 2.45) is 23.7 Å². The maximum atomic E-state index is 12.5. The van der Waals surface area contributed by atoms with Gasteiger partial charge in [-0.1, -0.05) is 27.4 Å². The predicted octanol–water partition coefficient (Wildman–Crippen LogP) is 2.59. The normalized spacial score (nSPS) is 43.2. The van der Waals surface area contributed by atoms with Gasteiger partial charge in [-0.3, -0.25) is 9.59 Å². The maximum absolute atomic E-state index is 12.5. The Balaban J connectivity index is 2.00. The van der Waals surface area contributed by atoms with Crippen LogP contribution in [-0.2, 0) is 23.8 Å². The number of rotatable bonds is 2. The summed E-state index contributed by atoms with van der Waals surface area (Å²) in [4.78, 5) is 24.9. The van der Waals surface area contributed by atoms with E-state index in [4.69, 9.17) is 14.2 Å². The zero-order valence-electron chi connectivity index (χ0n) is 16.1. The van der Waals surface area contributed by atoms with Crippen molar-refractivity contribution in [3.05, 3.63) is 12.2 Å². The van der Waals surface area contributed by atoms with Crippen LogP contribution in [-0.4, -0.2) is 41.1 Å². The molecule has 3 fully saturated rings. The highest BCUT2D eigenvalue weighted by Crippen LogP contribution is 2.50. The van der Waals surface area contributed by atoms with Crippen LogP contribution < -0.4 is 0 Å². The predicted molar refractivity (Wildman–Crippen MR) is 93.9 cm³/mol. The number of ether oxygens (including phenoxy) is 3. The highest BCUT2D eigenvalue weighted by atomic mass is 16.6. The van der Waals surface area contributed by atoms with Gasteiger partial charge in [0.2, 0.25) is 0 Å². The van der Waals surface area contributed by atoms with Crippen molar-refractivity contribution >= 4 is 11.9 Å². The molecule has 3 aliphatic rings. The minimum Gasteiger partial charge on any atom is -0.461 e. The molecule has 0 radical (unpaired) electrons. The fourth-order valence-corrected chi connectivity index (χ4v) is 4.54. The molecule has 1 N–H and O–H groups in total. The van der Waals surface area contributed by atoms with Crippen molar-refractivity contribution in [3.63, 3.8) is 0 Å².